The summed E-state index contributed by atoms with van der Waals surface area (Å²) in [6, 6.07) is 0. The number of methoxy groups -OCH3 is 2. The summed E-state index contributed by atoms with van der Waals surface area (Å²) >= 11 is 0. The number of ketones is 1. The van der Waals surface area contributed by atoms with Crippen LogP contribution in [0.15, 0.2) is 11.6 Å². The van der Waals surface area contributed by atoms with Gasteiger partial charge in [-0.15, -0.1) is 0 Å². The number of rotatable bonds is 3. The second kappa shape index (κ2) is 5.16. The van der Waals surface area contributed by atoms with Gasteiger partial charge in [0.2, 0.25) is 0 Å². The van der Waals surface area contributed by atoms with Crippen LogP contribution in [0.1, 0.15) is 20.3 Å². The topological polar surface area (TPSA) is 89.9 Å². The molecule has 6 heteroatoms. The number of esters is 2. The Morgan fingerprint density at radius 2 is 1.65 bits per heavy atom. The smallest absolute Gasteiger partial charge is 0.309 e. The van der Waals surface area contributed by atoms with Gasteiger partial charge >= 0.3 is 11.9 Å². The van der Waals surface area contributed by atoms with E-state index < -0.39 is 29.4 Å². The highest BCUT2D eigenvalue weighted by atomic mass is 16.5. The second-order valence-electron chi connectivity index (χ2n) is 7.27. The van der Waals surface area contributed by atoms with E-state index in [0.717, 1.165) is 0 Å². The first-order chi connectivity index (χ1) is 10.7. The quantitative estimate of drug-likeness (QED) is 0.770. The minimum Gasteiger partial charge on any atom is -0.469 e. The summed E-state index contributed by atoms with van der Waals surface area (Å²) in [5, 5.41) is 10.2. The van der Waals surface area contributed by atoms with E-state index in [1.165, 1.54) is 14.2 Å². The van der Waals surface area contributed by atoms with Crippen LogP contribution in [0.2, 0.25) is 0 Å². The molecule has 23 heavy (non-hydrogen) atoms. The number of allylic oxidation sites excluding steroid dienone is 1. The monoisotopic (exact) mass is 322 g/mol. The summed E-state index contributed by atoms with van der Waals surface area (Å²) in [5.41, 5.74) is -0.834. The summed E-state index contributed by atoms with van der Waals surface area (Å²) in [6.45, 7) is 3.16. The summed E-state index contributed by atoms with van der Waals surface area (Å²) in [4.78, 5) is 37.1. The van der Waals surface area contributed by atoms with Crippen molar-refractivity contribution in [1.29, 1.82) is 0 Å². The van der Waals surface area contributed by atoms with Gasteiger partial charge in [-0.3, -0.25) is 14.4 Å². The molecule has 0 aromatic rings. The van der Waals surface area contributed by atoms with Crippen molar-refractivity contribution in [3.8, 4) is 0 Å². The number of Topliss-reactive ketones (excluding diaryl/α,β-unsaturated/α-hetero) is 1. The Morgan fingerprint density at radius 1 is 1.13 bits per heavy atom. The minimum atomic E-state index is -1.22. The Labute approximate surface area is 134 Å². The van der Waals surface area contributed by atoms with Gasteiger partial charge in [0.25, 0.3) is 0 Å². The lowest BCUT2D eigenvalue weighted by Gasteiger charge is -2.34. The fourth-order valence-electron chi connectivity index (χ4n) is 4.93. The van der Waals surface area contributed by atoms with Crippen molar-refractivity contribution in [2.24, 2.45) is 35.5 Å². The van der Waals surface area contributed by atoms with Crippen LogP contribution in [0, 0.1) is 35.5 Å². The van der Waals surface area contributed by atoms with E-state index in [2.05, 4.69) is 0 Å². The van der Waals surface area contributed by atoms with Crippen molar-refractivity contribution in [3.63, 3.8) is 0 Å². The number of carbonyl (C=O) groups is 3. The predicted octanol–water partition coefficient (Wildman–Crippen LogP) is 0.727. The van der Waals surface area contributed by atoms with Gasteiger partial charge < -0.3 is 14.6 Å². The van der Waals surface area contributed by atoms with Crippen molar-refractivity contribution < 1.29 is 29.0 Å². The molecule has 3 aliphatic carbocycles. The first kappa shape index (κ1) is 16.2. The lowest BCUT2D eigenvalue weighted by molar-refractivity contribution is -0.162. The standard InChI is InChI=1S/C17H22O6/c1-17(2,21)10-6-8-7-5-9(11(8)14(10)18)13(16(20)23-4)12(7)15(19)22-3/h6-9,11-13,21H,5H2,1-4H3/t7-,8+,9+,11+,12+,13-/m0/s1. The average molecular weight is 322 g/mol. The number of hydrogen-bond donors (Lipinski definition) is 1. The summed E-state index contributed by atoms with van der Waals surface area (Å²) in [7, 11) is 2.59. The Kier molecular flexibility index (Phi) is 3.63. The normalized spacial score (nSPS) is 38.3. The number of aliphatic hydroxyl groups is 1. The van der Waals surface area contributed by atoms with Crippen molar-refractivity contribution in [1.82, 2.24) is 0 Å². The van der Waals surface area contributed by atoms with E-state index in [1.54, 1.807) is 19.9 Å². The van der Waals surface area contributed by atoms with Crippen molar-refractivity contribution >= 4 is 17.7 Å². The van der Waals surface area contributed by atoms with Gasteiger partial charge in [-0.05, 0) is 38.0 Å². The predicted molar refractivity (Wildman–Crippen MR) is 79.0 cm³/mol. The molecule has 0 spiro atoms. The van der Waals surface area contributed by atoms with Crippen LogP contribution < -0.4 is 0 Å². The molecule has 0 radical (unpaired) electrons. The maximum Gasteiger partial charge on any atom is 0.309 e. The molecule has 6 atom stereocenters. The first-order valence-corrected chi connectivity index (χ1v) is 7.87. The molecule has 3 rings (SSSR count). The fraction of sp³-hybridized carbons (Fsp3) is 0.706. The molecule has 1 N–H and O–H groups in total. The molecule has 0 heterocycles. The Morgan fingerprint density at radius 3 is 2.13 bits per heavy atom. The van der Waals surface area contributed by atoms with Gasteiger partial charge in [-0.1, -0.05) is 6.08 Å². The van der Waals surface area contributed by atoms with Crippen LogP contribution in [0.4, 0.5) is 0 Å². The number of hydrogen-bond acceptors (Lipinski definition) is 6. The summed E-state index contributed by atoms with van der Waals surface area (Å²) < 4.78 is 9.74. The molecule has 0 amide bonds. The van der Waals surface area contributed by atoms with Gasteiger partial charge in [0.05, 0.1) is 31.7 Å². The van der Waals surface area contributed by atoms with Crippen LogP contribution in [0.3, 0.4) is 0 Å². The van der Waals surface area contributed by atoms with Crippen molar-refractivity contribution in [3.05, 3.63) is 11.6 Å². The average Bonchev–Trinajstić information content (AvgIpc) is 3.13. The zero-order valence-electron chi connectivity index (χ0n) is 13.7. The molecule has 2 fully saturated rings. The third-order valence-corrected chi connectivity index (χ3v) is 5.76. The molecule has 0 saturated heterocycles. The Bertz CT molecular complexity index is 599. The fourth-order valence-corrected chi connectivity index (χ4v) is 4.93. The molecule has 2 bridgehead atoms. The lowest BCUT2D eigenvalue weighted by Crippen LogP contribution is -2.43. The van der Waals surface area contributed by atoms with E-state index in [4.69, 9.17) is 9.47 Å². The first-order valence-electron chi connectivity index (χ1n) is 7.87. The van der Waals surface area contributed by atoms with Gasteiger partial charge in [0.1, 0.15) is 0 Å². The maximum atomic E-state index is 12.7. The molecule has 0 aromatic heterocycles. The number of carbonyl (C=O) groups excluding carboxylic acids is 3. The zero-order chi connectivity index (χ0) is 17.1. The Hall–Kier alpha value is -1.69. The molecule has 0 aromatic carbocycles. The highest BCUT2D eigenvalue weighted by Gasteiger charge is 2.66. The minimum absolute atomic E-state index is 0.104. The lowest BCUT2D eigenvalue weighted by atomic mass is 9.69. The maximum absolute atomic E-state index is 12.7. The number of fused-ring (bicyclic) bond motifs is 5. The largest absolute Gasteiger partial charge is 0.469 e. The molecule has 126 valence electrons. The molecule has 6 nitrogen and oxygen atoms in total. The highest BCUT2D eigenvalue weighted by Crippen LogP contribution is 2.62. The zero-order valence-corrected chi connectivity index (χ0v) is 13.7. The molecular weight excluding hydrogens is 300 g/mol. The van der Waals surface area contributed by atoms with Crippen molar-refractivity contribution in [2.45, 2.75) is 25.9 Å². The van der Waals surface area contributed by atoms with Crippen LogP contribution in [0.25, 0.3) is 0 Å². The third-order valence-electron chi connectivity index (χ3n) is 5.76. The number of ether oxygens (including phenoxy) is 2. The molecule has 0 unspecified atom stereocenters. The van der Waals surface area contributed by atoms with Gasteiger partial charge in [-0.2, -0.15) is 0 Å². The SMILES string of the molecule is COC(=O)[C@@H]1[C@H]2C[C@H]([C@@H]3C(=O)C(C(C)(C)O)=C[C@H]23)[C@@H]1C(=O)OC. The van der Waals surface area contributed by atoms with Crippen LogP contribution in [-0.4, -0.2) is 42.6 Å². The Balaban J connectivity index is 2.00. The molecule has 2 saturated carbocycles. The molecular formula is C17H22O6. The van der Waals surface area contributed by atoms with Crippen LogP contribution in [0.5, 0.6) is 0 Å². The van der Waals surface area contributed by atoms with E-state index in [9.17, 15) is 19.5 Å². The second-order valence-corrected chi connectivity index (χ2v) is 7.27. The summed E-state index contributed by atoms with van der Waals surface area (Å²) in [6.07, 6.45) is 2.44. The third kappa shape index (κ3) is 2.15. The van der Waals surface area contributed by atoms with Gasteiger partial charge in [0.15, 0.2) is 5.78 Å². The van der Waals surface area contributed by atoms with Crippen LogP contribution in [-0.2, 0) is 23.9 Å². The van der Waals surface area contributed by atoms with Crippen molar-refractivity contribution in [2.75, 3.05) is 14.2 Å². The van der Waals surface area contributed by atoms with Crippen LogP contribution >= 0.6 is 0 Å². The molecule has 3 aliphatic rings. The highest BCUT2D eigenvalue weighted by molar-refractivity contribution is 6.03. The van der Waals surface area contributed by atoms with E-state index in [1.807, 2.05) is 0 Å². The summed E-state index contributed by atoms with van der Waals surface area (Å²) in [5.74, 6) is -3.02. The van der Waals surface area contributed by atoms with E-state index in [-0.39, 0.29) is 29.5 Å². The van der Waals surface area contributed by atoms with E-state index in [0.29, 0.717) is 12.0 Å². The molecule has 0 aliphatic heterocycles. The van der Waals surface area contributed by atoms with Gasteiger partial charge in [-0.25, -0.2) is 0 Å². The van der Waals surface area contributed by atoms with Gasteiger partial charge in [0, 0.05) is 11.5 Å². The van der Waals surface area contributed by atoms with E-state index >= 15 is 0 Å².